The Bertz CT molecular complexity index is 1190. The molecule has 0 radical (unpaired) electrons. The highest BCUT2D eigenvalue weighted by molar-refractivity contribution is 5.76. The first-order chi connectivity index (χ1) is 37.5. The van der Waals surface area contributed by atoms with E-state index in [0.29, 0.717) is 25.9 Å². The van der Waals surface area contributed by atoms with Crippen molar-refractivity contribution < 1.29 is 24.5 Å². The van der Waals surface area contributed by atoms with Crippen molar-refractivity contribution in [3.05, 3.63) is 24.3 Å². The van der Waals surface area contributed by atoms with Gasteiger partial charge in [0, 0.05) is 12.8 Å². The van der Waals surface area contributed by atoms with Crippen molar-refractivity contribution in [2.24, 2.45) is 0 Å². The van der Waals surface area contributed by atoms with E-state index in [1.165, 1.54) is 302 Å². The molecule has 0 saturated carbocycles. The molecule has 0 heterocycles. The van der Waals surface area contributed by atoms with Gasteiger partial charge in [-0.15, -0.1) is 0 Å². The summed E-state index contributed by atoms with van der Waals surface area (Å²) in [5, 5.41) is 23.4. The molecule has 6 nitrogen and oxygen atoms in total. The molecule has 0 saturated heterocycles. The van der Waals surface area contributed by atoms with E-state index in [9.17, 15) is 19.8 Å². The third-order valence-electron chi connectivity index (χ3n) is 16.3. The monoisotopic (exact) mass is 1070 g/mol. The van der Waals surface area contributed by atoms with Crippen LogP contribution in [0.4, 0.5) is 0 Å². The molecule has 2 unspecified atom stereocenters. The molecule has 0 aromatic heterocycles. The Labute approximate surface area is 475 Å². The van der Waals surface area contributed by atoms with Gasteiger partial charge in [-0.3, -0.25) is 9.59 Å². The number of rotatable bonds is 65. The van der Waals surface area contributed by atoms with Crippen molar-refractivity contribution in [3.63, 3.8) is 0 Å². The number of carbonyl (C=O) groups excluding carboxylic acids is 2. The minimum atomic E-state index is -0.664. The van der Waals surface area contributed by atoms with Crippen molar-refractivity contribution in [1.82, 2.24) is 5.32 Å². The molecule has 0 aromatic carbocycles. The Morgan fingerprint density at radius 2 is 0.658 bits per heavy atom. The first-order valence-electron chi connectivity index (χ1n) is 34.6. The van der Waals surface area contributed by atoms with Crippen LogP contribution in [-0.2, 0) is 14.3 Å². The molecule has 0 aliphatic rings. The van der Waals surface area contributed by atoms with E-state index in [4.69, 9.17) is 4.74 Å². The highest BCUT2D eigenvalue weighted by atomic mass is 16.5. The summed E-state index contributed by atoms with van der Waals surface area (Å²) in [5.74, 6) is -0.0276. The van der Waals surface area contributed by atoms with Crippen LogP contribution in [0.2, 0.25) is 0 Å². The molecule has 2 atom stereocenters. The van der Waals surface area contributed by atoms with Crippen molar-refractivity contribution in [3.8, 4) is 0 Å². The third kappa shape index (κ3) is 61.6. The minimum absolute atomic E-state index is 0.00223. The van der Waals surface area contributed by atoms with Crippen LogP contribution < -0.4 is 5.32 Å². The Hall–Kier alpha value is -1.66. The van der Waals surface area contributed by atoms with E-state index < -0.39 is 12.1 Å². The van der Waals surface area contributed by atoms with Crippen LogP contribution in [0.1, 0.15) is 386 Å². The van der Waals surface area contributed by atoms with Gasteiger partial charge in [-0.2, -0.15) is 0 Å². The zero-order valence-electron chi connectivity index (χ0n) is 51.5. The predicted molar refractivity (Wildman–Crippen MR) is 333 cm³/mol. The summed E-state index contributed by atoms with van der Waals surface area (Å²) >= 11 is 0. The molecular formula is C70H135NO5. The lowest BCUT2D eigenvalue weighted by molar-refractivity contribution is -0.143. The summed E-state index contributed by atoms with van der Waals surface area (Å²) in [6.07, 6.45) is 82.1. The number of hydrogen-bond donors (Lipinski definition) is 3. The number of amides is 1. The van der Waals surface area contributed by atoms with Crippen LogP contribution in [0.25, 0.3) is 0 Å². The van der Waals surface area contributed by atoms with Crippen molar-refractivity contribution in [2.75, 3.05) is 13.2 Å². The SMILES string of the molecule is CCCCC/C=C\C/C=C\CCCCCCCC(=O)OCCCCCCCCCCCCCCCCCCCCCCCCCCC(=O)NC(CO)C(O)CCCCCCCCCCCCCCCCCCCCCC. The number of carbonyl (C=O) groups is 2. The lowest BCUT2D eigenvalue weighted by Gasteiger charge is -2.22. The Balaban J connectivity index is 3.37. The Kier molecular flexibility index (Phi) is 64.4. The van der Waals surface area contributed by atoms with E-state index in [1.807, 2.05) is 0 Å². The van der Waals surface area contributed by atoms with Crippen LogP contribution in [-0.4, -0.2) is 47.4 Å². The van der Waals surface area contributed by atoms with E-state index in [-0.39, 0.29) is 18.5 Å². The van der Waals surface area contributed by atoms with Gasteiger partial charge in [-0.05, 0) is 57.8 Å². The molecule has 0 fully saturated rings. The average Bonchev–Trinajstić information content (AvgIpc) is 3.42. The number of unbranched alkanes of at least 4 members (excludes halogenated alkanes) is 50. The maximum Gasteiger partial charge on any atom is 0.305 e. The second-order valence-electron chi connectivity index (χ2n) is 23.9. The number of aliphatic hydroxyl groups is 2. The van der Waals surface area contributed by atoms with Crippen molar-refractivity contribution >= 4 is 11.9 Å². The quantitative estimate of drug-likeness (QED) is 0.0320. The Morgan fingerprint density at radius 3 is 1.03 bits per heavy atom. The van der Waals surface area contributed by atoms with E-state index in [0.717, 1.165) is 51.4 Å². The summed E-state index contributed by atoms with van der Waals surface area (Å²) in [7, 11) is 0. The van der Waals surface area contributed by atoms with Crippen LogP contribution in [0, 0.1) is 0 Å². The smallest absolute Gasteiger partial charge is 0.305 e. The van der Waals surface area contributed by atoms with Crippen molar-refractivity contribution in [2.45, 2.75) is 398 Å². The van der Waals surface area contributed by atoms with Gasteiger partial charge < -0.3 is 20.3 Å². The van der Waals surface area contributed by atoms with E-state index in [1.54, 1.807) is 0 Å². The summed E-state index contributed by atoms with van der Waals surface area (Å²) < 4.78 is 5.49. The molecule has 1 amide bonds. The molecule has 0 aliphatic carbocycles. The fourth-order valence-corrected chi connectivity index (χ4v) is 11.0. The molecule has 0 bridgehead atoms. The summed E-state index contributed by atoms with van der Waals surface area (Å²) in [6, 6.07) is -0.541. The molecule has 76 heavy (non-hydrogen) atoms. The summed E-state index contributed by atoms with van der Waals surface area (Å²) in [4.78, 5) is 24.6. The van der Waals surface area contributed by atoms with Crippen LogP contribution in [0.15, 0.2) is 24.3 Å². The van der Waals surface area contributed by atoms with E-state index in [2.05, 4.69) is 43.5 Å². The standard InChI is InChI=1S/C70H135NO5/c1-3-5-7-9-11-13-15-17-19-20-21-28-31-35-38-42-46-50-54-58-62-68(73)67(66-72)71-69(74)63-59-55-51-47-43-39-36-32-29-26-24-22-23-25-27-30-33-37-41-45-49-53-57-61-65-76-70(75)64-60-56-52-48-44-40-34-18-16-14-12-10-8-6-4-2/h12,14,18,34,67-68,72-73H,3-11,13,15-17,19-33,35-66H2,1-2H3,(H,71,74)/b14-12-,34-18-. The molecule has 3 N–H and O–H groups in total. The molecule has 0 rings (SSSR count). The first-order valence-corrected chi connectivity index (χ1v) is 34.6. The fourth-order valence-electron chi connectivity index (χ4n) is 11.0. The van der Waals surface area contributed by atoms with Gasteiger partial charge in [0.1, 0.15) is 0 Å². The zero-order chi connectivity index (χ0) is 55.0. The van der Waals surface area contributed by atoms with Crippen LogP contribution >= 0.6 is 0 Å². The number of hydrogen-bond acceptors (Lipinski definition) is 5. The maximum absolute atomic E-state index is 12.5. The second kappa shape index (κ2) is 65.9. The summed E-state index contributed by atoms with van der Waals surface area (Å²) in [5.41, 5.74) is 0. The third-order valence-corrected chi connectivity index (χ3v) is 16.3. The predicted octanol–water partition coefficient (Wildman–Crippen LogP) is 22.1. The van der Waals surface area contributed by atoms with Gasteiger partial charge in [-0.1, -0.05) is 340 Å². The largest absolute Gasteiger partial charge is 0.466 e. The average molecular weight is 1070 g/mol. The highest BCUT2D eigenvalue weighted by Gasteiger charge is 2.20. The second-order valence-corrected chi connectivity index (χ2v) is 23.9. The lowest BCUT2D eigenvalue weighted by atomic mass is 10.0. The van der Waals surface area contributed by atoms with Gasteiger partial charge in [0.2, 0.25) is 5.91 Å². The van der Waals surface area contributed by atoms with Gasteiger partial charge in [-0.25, -0.2) is 0 Å². The number of ether oxygens (including phenoxy) is 1. The number of aliphatic hydroxyl groups excluding tert-OH is 2. The normalized spacial score (nSPS) is 12.6. The first kappa shape index (κ1) is 74.3. The van der Waals surface area contributed by atoms with Crippen LogP contribution in [0.3, 0.4) is 0 Å². The number of esters is 1. The molecule has 6 heteroatoms. The number of allylic oxidation sites excluding steroid dienone is 4. The summed E-state index contributed by atoms with van der Waals surface area (Å²) in [6.45, 7) is 4.96. The van der Waals surface area contributed by atoms with Crippen molar-refractivity contribution in [1.29, 1.82) is 0 Å². The molecule has 0 spiro atoms. The lowest BCUT2D eigenvalue weighted by Crippen LogP contribution is -2.45. The molecule has 450 valence electrons. The topological polar surface area (TPSA) is 95.9 Å². The highest BCUT2D eigenvalue weighted by Crippen LogP contribution is 2.19. The van der Waals surface area contributed by atoms with Gasteiger partial charge in [0.05, 0.1) is 25.4 Å². The number of nitrogens with one attached hydrogen (secondary N) is 1. The van der Waals surface area contributed by atoms with Gasteiger partial charge in [0.15, 0.2) is 0 Å². The van der Waals surface area contributed by atoms with E-state index >= 15 is 0 Å². The van der Waals surface area contributed by atoms with Gasteiger partial charge in [0.25, 0.3) is 0 Å². The molecule has 0 aromatic rings. The van der Waals surface area contributed by atoms with Gasteiger partial charge >= 0.3 is 5.97 Å². The Morgan fingerprint density at radius 1 is 0.368 bits per heavy atom. The zero-order valence-corrected chi connectivity index (χ0v) is 51.5. The minimum Gasteiger partial charge on any atom is -0.466 e. The molecular weight excluding hydrogens is 935 g/mol. The molecule has 0 aliphatic heterocycles. The maximum atomic E-state index is 12.5. The fraction of sp³-hybridized carbons (Fsp3) is 0.914. The van der Waals surface area contributed by atoms with Crippen LogP contribution in [0.5, 0.6) is 0 Å².